The lowest BCUT2D eigenvalue weighted by Gasteiger charge is -2.37. The molecule has 1 aliphatic rings. The average Bonchev–Trinajstić information content (AvgIpc) is 2.03. The Kier molecular flexibility index (Phi) is 3.19. The maximum absolute atomic E-state index is 12.1. The van der Waals surface area contributed by atoms with Gasteiger partial charge in [-0.15, -0.1) is 0 Å². The first-order valence-electron chi connectivity index (χ1n) is 4.29. The van der Waals surface area contributed by atoms with Crippen molar-refractivity contribution in [1.82, 2.24) is 9.80 Å². The van der Waals surface area contributed by atoms with Crippen molar-refractivity contribution in [2.75, 3.05) is 26.7 Å². The number of carbonyl (C=O) groups is 1. The number of carbonyl (C=O) groups excluding carboxylic acids is 1. The van der Waals surface area contributed by atoms with E-state index >= 15 is 0 Å². The van der Waals surface area contributed by atoms with Crippen LogP contribution in [0.4, 0.5) is 8.78 Å². The second-order valence-electron chi connectivity index (χ2n) is 3.44. The van der Waals surface area contributed by atoms with Gasteiger partial charge in [0.2, 0.25) is 0 Å². The molecule has 0 spiro atoms. The minimum atomic E-state index is -2.87. The molecule has 0 aromatic rings. The van der Waals surface area contributed by atoms with Gasteiger partial charge in [-0.3, -0.25) is 4.79 Å². The molecule has 0 bridgehead atoms. The Morgan fingerprint density at radius 3 is 2.54 bits per heavy atom. The van der Waals surface area contributed by atoms with E-state index in [1.54, 1.807) is 6.92 Å². The highest BCUT2D eigenvalue weighted by molar-refractivity contribution is 5.79. The smallest absolute Gasteiger partial charge is 0.315 e. The van der Waals surface area contributed by atoms with E-state index in [-0.39, 0.29) is 6.04 Å². The summed E-state index contributed by atoms with van der Waals surface area (Å²) in [5.74, 6) is -1.04. The van der Waals surface area contributed by atoms with Crippen molar-refractivity contribution >= 4 is 5.91 Å². The lowest BCUT2D eigenvalue weighted by atomic mass is 10.2. The second kappa shape index (κ2) is 4.00. The maximum Gasteiger partial charge on any atom is 0.315 e. The van der Waals surface area contributed by atoms with Gasteiger partial charge in [-0.2, -0.15) is 8.78 Å². The third-order valence-corrected chi connectivity index (χ3v) is 2.30. The van der Waals surface area contributed by atoms with Gasteiger partial charge in [0, 0.05) is 25.7 Å². The van der Waals surface area contributed by atoms with E-state index in [9.17, 15) is 13.6 Å². The summed E-state index contributed by atoms with van der Waals surface area (Å²) in [5, 5.41) is 0. The van der Waals surface area contributed by atoms with E-state index in [4.69, 9.17) is 0 Å². The zero-order valence-corrected chi connectivity index (χ0v) is 7.83. The molecule has 5 heteroatoms. The number of amides is 1. The van der Waals surface area contributed by atoms with Gasteiger partial charge < -0.3 is 9.80 Å². The Morgan fingerprint density at radius 1 is 1.46 bits per heavy atom. The normalized spacial score (nSPS) is 25.3. The number of piperazine rings is 1. The summed E-state index contributed by atoms with van der Waals surface area (Å²) < 4.78 is 24.2. The van der Waals surface area contributed by atoms with Crippen molar-refractivity contribution in [1.29, 1.82) is 0 Å². The molecule has 1 fully saturated rings. The highest BCUT2D eigenvalue weighted by Crippen LogP contribution is 2.11. The Hall–Kier alpha value is -0.710. The van der Waals surface area contributed by atoms with Gasteiger partial charge in [-0.25, -0.2) is 0 Å². The van der Waals surface area contributed by atoms with E-state index in [1.807, 2.05) is 11.9 Å². The van der Waals surface area contributed by atoms with Gasteiger partial charge in [0.25, 0.3) is 5.91 Å². The Labute approximate surface area is 76.3 Å². The molecular formula is C8H14F2N2O. The molecule has 0 N–H and O–H groups in total. The topological polar surface area (TPSA) is 23.6 Å². The molecule has 1 unspecified atom stereocenters. The van der Waals surface area contributed by atoms with Crippen LogP contribution in [-0.2, 0) is 4.79 Å². The molecule has 3 nitrogen and oxygen atoms in total. The van der Waals surface area contributed by atoms with Crippen LogP contribution in [0.2, 0.25) is 0 Å². The van der Waals surface area contributed by atoms with Crippen LogP contribution in [0.25, 0.3) is 0 Å². The first kappa shape index (κ1) is 10.4. The molecule has 1 rings (SSSR count). The summed E-state index contributed by atoms with van der Waals surface area (Å²) in [4.78, 5) is 14.3. The van der Waals surface area contributed by atoms with Crippen molar-refractivity contribution in [3.63, 3.8) is 0 Å². The van der Waals surface area contributed by atoms with Crippen molar-refractivity contribution in [3.8, 4) is 0 Å². The van der Waals surface area contributed by atoms with Gasteiger partial charge in [0.05, 0.1) is 0 Å². The van der Waals surface area contributed by atoms with E-state index < -0.39 is 12.3 Å². The van der Waals surface area contributed by atoms with Crippen LogP contribution in [0.5, 0.6) is 0 Å². The van der Waals surface area contributed by atoms with Crippen molar-refractivity contribution in [3.05, 3.63) is 0 Å². The number of hydrogen-bond donors (Lipinski definition) is 0. The third-order valence-electron chi connectivity index (χ3n) is 2.30. The molecule has 1 amide bonds. The first-order valence-corrected chi connectivity index (χ1v) is 4.29. The fourth-order valence-electron chi connectivity index (χ4n) is 1.59. The van der Waals surface area contributed by atoms with Crippen LogP contribution in [0.15, 0.2) is 0 Å². The van der Waals surface area contributed by atoms with Gasteiger partial charge in [0.15, 0.2) is 0 Å². The molecule has 1 atom stereocenters. The van der Waals surface area contributed by atoms with Gasteiger partial charge in [-0.05, 0) is 14.0 Å². The highest BCUT2D eigenvalue weighted by Gasteiger charge is 2.30. The van der Waals surface area contributed by atoms with Crippen molar-refractivity contribution < 1.29 is 13.6 Å². The summed E-state index contributed by atoms with van der Waals surface area (Å²) in [6.07, 6.45) is -2.87. The van der Waals surface area contributed by atoms with Crippen LogP contribution in [0, 0.1) is 0 Å². The predicted octanol–water partition coefficient (Wildman–Crippen LogP) is 0.414. The van der Waals surface area contributed by atoms with Crippen molar-refractivity contribution in [2.24, 2.45) is 0 Å². The van der Waals surface area contributed by atoms with Crippen LogP contribution in [0.3, 0.4) is 0 Å². The summed E-state index contributed by atoms with van der Waals surface area (Å²) in [7, 11) is 1.92. The maximum atomic E-state index is 12.1. The van der Waals surface area contributed by atoms with Crippen LogP contribution in [-0.4, -0.2) is 54.9 Å². The number of halogens is 2. The fourth-order valence-corrected chi connectivity index (χ4v) is 1.59. The Balaban J connectivity index is 2.56. The van der Waals surface area contributed by atoms with E-state index in [0.717, 1.165) is 0 Å². The van der Waals surface area contributed by atoms with Crippen LogP contribution < -0.4 is 0 Å². The number of nitrogens with zero attached hydrogens (tertiary/aromatic N) is 2. The second-order valence-corrected chi connectivity index (χ2v) is 3.44. The molecule has 0 aliphatic carbocycles. The number of likely N-dealkylation sites (N-methyl/N-ethyl adjacent to an activating group) is 1. The van der Waals surface area contributed by atoms with Crippen LogP contribution in [0.1, 0.15) is 6.92 Å². The lowest BCUT2D eigenvalue weighted by molar-refractivity contribution is -0.147. The molecule has 0 aromatic heterocycles. The van der Waals surface area contributed by atoms with Crippen LogP contribution >= 0.6 is 0 Å². The van der Waals surface area contributed by atoms with E-state index in [1.165, 1.54) is 4.90 Å². The molecule has 13 heavy (non-hydrogen) atoms. The summed E-state index contributed by atoms with van der Waals surface area (Å²) >= 11 is 0. The monoisotopic (exact) mass is 192 g/mol. The average molecular weight is 192 g/mol. The van der Waals surface area contributed by atoms with Gasteiger partial charge >= 0.3 is 6.43 Å². The predicted molar refractivity (Wildman–Crippen MR) is 44.7 cm³/mol. The minimum Gasteiger partial charge on any atom is -0.332 e. The molecular weight excluding hydrogens is 178 g/mol. The standard InChI is InChI=1S/C8H14F2N2O/c1-6-5-11(2)3-4-12(6)8(13)7(9)10/h6-7H,3-5H2,1-2H3. The van der Waals surface area contributed by atoms with E-state index in [2.05, 4.69) is 0 Å². The van der Waals surface area contributed by atoms with Gasteiger partial charge in [-0.1, -0.05) is 0 Å². The molecule has 0 saturated carbocycles. The van der Waals surface area contributed by atoms with E-state index in [0.29, 0.717) is 19.6 Å². The fraction of sp³-hybridized carbons (Fsp3) is 0.875. The summed E-state index contributed by atoms with van der Waals surface area (Å²) in [6.45, 7) is 3.53. The Bertz CT molecular complexity index is 199. The third kappa shape index (κ3) is 2.37. The molecule has 76 valence electrons. The molecule has 1 heterocycles. The molecule has 1 aliphatic heterocycles. The largest absolute Gasteiger partial charge is 0.332 e. The highest BCUT2D eigenvalue weighted by atomic mass is 19.3. The first-order chi connectivity index (χ1) is 6.02. The lowest BCUT2D eigenvalue weighted by Crippen LogP contribution is -2.54. The summed E-state index contributed by atoms with van der Waals surface area (Å²) in [5.41, 5.74) is 0. The SMILES string of the molecule is CC1CN(C)CCN1C(=O)C(F)F. The van der Waals surface area contributed by atoms with Gasteiger partial charge in [0.1, 0.15) is 0 Å². The summed E-state index contributed by atoms with van der Waals surface area (Å²) in [6, 6.07) is -0.111. The zero-order chi connectivity index (χ0) is 10.0. The molecule has 1 saturated heterocycles. The molecule has 0 aromatic carbocycles. The number of hydrogen-bond acceptors (Lipinski definition) is 2. The van der Waals surface area contributed by atoms with Crippen molar-refractivity contribution in [2.45, 2.75) is 19.4 Å². The quantitative estimate of drug-likeness (QED) is 0.601. The molecule has 0 radical (unpaired) electrons. The zero-order valence-electron chi connectivity index (χ0n) is 7.83. The number of rotatable bonds is 1. The Morgan fingerprint density at radius 2 is 2.08 bits per heavy atom. The minimum absolute atomic E-state index is 0.111. The number of alkyl halides is 2.